The second kappa shape index (κ2) is 3.79. The van der Waals surface area contributed by atoms with E-state index in [1.54, 1.807) is 24.3 Å². The van der Waals surface area contributed by atoms with Gasteiger partial charge in [0.2, 0.25) is 0 Å². The Morgan fingerprint density at radius 2 is 2.06 bits per heavy atom. The van der Waals surface area contributed by atoms with Gasteiger partial charge in [0.25, 0.3) is 0 Å². The lowest BCUT2D eigenvalue weighted by Crippen LogP contribution is -2.36. The first-order chi connectivity index (χ1) is 7.54. The van der Waals surface area contributed by atoms with Crippen molar-refractivity contribution in [2.24, 2.45) is 0 Å². The lowest BCUT2D eigenvalue weighted by atomic mass is 10.1. The molecule has 5 nitrogen and oxygen atoms in total. The van der Waals surface area contributed by atoms with E-state index in [1.807, 2.05) is 0 Å². The SMILES string of the molecule is CNC(=O)NC1CS(=O)(=O)c2ccccc21. The molecule has 1 aromatic rings. The minimum Gasteiger partial charge on any atom is -0.341 e. The van der Waals surface area contributed by atoms with Gasteiger partial charge in [-0.05, 0) is 11.6 Å². The predicted molar refractivity (Wildman–Crippen MR) is 58.8 cm³/mol. The third-order valence-corrected chi connectivity index (χ3v) is 4.36. The number of fused-ring (bicyclic) bond motifs is 1. The highest BCUT2D eigenvalue weighted by atomic mass is 32.2. The van der Waals surface area contributed by atoms with Gasteiger partial charge in [0, 0.05) is 7.05 Å². The average Bonchev–Trinajstić information content (AvgIpc) is 2.51. The van der Waals surface area contributed by atoms with Crippen molar-refractivity contribution in [3.63, 3.8) is 0 Å². The molecular weight excluding hydrogens is 228 g/mol. The molecule has 0 aliphatic carbocycles. The van der Waals surface area contributed by atoms with Crippen molar-refractivity contribution in [2.75, 3.05) is 12.8 Å². The summed E-state index contributed by atoms with van der Waals surface area (Å²) in [7, 11) is -1.76. The van der Waals surface area contributed by atoms with E-state index in [-0.39, 0.29) is 11.8 Å². The van der Waals surface area contributed by atoms with Crippen molar-refractivity contribution in [1.29, 1.82) is 0 Å². The zero-order valence-electron chi connectivity index (χ0n) is 8.73. The van der Waals surface area contributed by atoms with Crippen LogP contribution in [0, 0.1) is 0 Å². The minimum absolute atomic E-state index is 0.0697. The fraction of sp³-hybridized carbons (Fsp3) is 0.300. The maximum Gasteiger partial charge on any atom is 0.315 e. The molecule has 1 aliphatic rings. The zero-order chi connectivity index (χ0) is 11.8. The van der Waals surface area contributed by atoms with Gasteiger partial charge >= 0.3 is 6.03 Å². The number of carbonyl (C=O) groups is 1. The van der Waals surface area contributed by atoms with Gasteiger partial charge in [0.1, 0.15) is 0 Å². The van der Waals surface area contributed by atoms with E-state index in [2.05, 4.69) is 10.6 Å². The summed E-state index contributed by atoms with van der Waals surface area (Å²) in [6.07, 6.45) is 0. The van der Waals surface area contributed by atoms with Crippen molar-refractivity contribution < 1.29 is 13.2 Å². The van der Waals surface area contributed by atoms with Gasteiger partial charge in [-0.2, -0.15) is 0 Å². The molecule has 0 radical (unpaired) electrons. The molecule has 1 heterocycles. The molecule has 0 bridgehead atoms. The van der Waals surface area contributed by atoms with E-state index in [4.69, 9.17) is 0 Å². The van der Waals surface area contributed by atoms with Crippen LogP contribution in [0.15, 0.2) is 29.2 Å². The van der Waals surface area contributed by atoms with E-state index in [9.17, 15) is 13.2 Å². The van der Waals surface area contributed by atoms with Gasteiger partial charge in [-0.3, -0.25) is 0 Å². The Morgan fingerprint density at radius 1 is 1.38 bits per heavy atom. The Morgan fingerprint density at radius 3 is 2.75 bits per heavy atom. The van der Waals surface area contributed by atoms with Crippen LogP contribution in [-0.2, 0) is 9.84 Å². The van der Waals surface area contributed by atoms with Crippen molar-refractivity contribution in [1.82, 2.24) is 10.6 Å². The smallest absolute Gasteiger partial charge is 0.315 e. The van der Waals surface area contributed by atoms with E-state index < -0.39 is 15.9 Å². The van der Waals surface area contributed by atoms with Gasteiger partial charge in [-0.25, -0.2) is 13.2 Å². The molecule has 1 unspecified atom stereocenters. The molecule has 16 heavy (non-hydrogen) atoms. The molecule has 2 amide bonds. The van der Waals surface area contributed by atoms with Crippen molar-refractivity contribution in [3.05, 3.63) is 29.8 Å². The van der Waals surface area contributed by atoms with Crippen LogP contribution in [0.1, 0.15) is 11.6 Å². The van der Waals surface area contributed by atoms with E-state index in [0.29, 0.717) is 10.5 Å². The summed E-state index contributed by atoms with van der Waals surface area (Å²) in [5.41, 5.74) is 0.658. The van der Waals surface area contributed by atoms with E-state index in [0.717, 1.165) is 0 Å². The van der Waals surface area contributed by atoms with Crippen molar-refractivity contribution in [2.45, 2.75) is 10.9 Å². The Balaban J connectivity index is 2.37. The van der Waals surface area contributed by atoms with Gasteiger partial charge < -0.3 is 10.6 Å². The number of hydrogen-bond acceptors (Lipinski definition) is 3. The lowest BCUT2D eigenvalue weighted by molar-refractivity contribution is 0.240. The Hall–Kier alpha value is -1.56. The van der Waals surface area contributed by atoms with Crippen molar-refractivity contribution in [3.8, 4) is 0 Å². The number of benzene rings is 1. The predicted octanol–water partition coefficient (Wildman–Crippen LogP) is 0.444. The molecule has 0 fully saturated rings. The molecule has 1 atom stereocenters. The standard InChI is InChI=1S/C10H12N2O3S/c1-11-10(13)12-8-6-16(14,15)9-5-3-2-4-7(8)9/h2-5,8H,6H2,1H3,(H2,11,12,13). The third kappa shape index (κ3) is 1.76. The molecule has 0 spiro atoms. The second-order valence-electron chi connectivity index (χ2n) is 3.60. The summed E-state index contributed by atoms with van der Waals surface area (Å²) in [4.78, 5) is 11.5. The normalized spacial score (nSPS) is 21.2. The first kappa shape index (κ1) is 10.9. The zero-order valence-corrected chi connectivity index (χ0v) is 9.54. The van der Waals surface area contributed by atoms with Crippen LogP contribution in [0.4, 0.5) is 4.79 Å². The van der Waals surface area contributed by atoms with Gasteiger partial charge in [-0.15, -0.1) is 0 Å². The number of nitrogens with one attached hydrogen (secondary N) is 2. The second-order valence-corrected chi connectivity index (χ2v) is 5.60. The summed E-state index contributed by atoms with van der Waals surface area (Å²) in [6.45, 7) is 0. The highest BCUT2D eigenvalue weighted by Crippen LogP contribution is 2.32. The van der Waals surface area contributed by atoms with Gasteiger partial charge in [0.05, 0.1) is 16.7 Å². The summed E-state index contributed by atoms with van der Waals surface area (Å²) < 4.78 is 23.5. The lowest BCUT2D eigenvalue weighted by Gasteiger charge is -2.11. The van der Waals surface area contributed by atoms with Crippen LogP contribution < -0.4 is 10.6 Å². The van der Waals surface area contributed by atoms with Gasteiger partial charge in [-0.1, -0.05) is 18.2 Å². The summed E-state index contributed by atoms with van der Waals surface area (Å²) in [6, 6.07) is 5.89. The maximum atomic E-state index is 11.8. The average molecular weight is 240 g/mol. The minimum atomic E-state index is -3.25. The number of carbonyl (C=O) groups excluding carboxylic acids is 1. The topological polar surface area (TPSA) is 75.3 Å². The Bertz CT molecular complexity index is 525. The molecule has 1 aliphatic heterocycles. The molecule has 0 aromatic heterocycles. The van der Waals surface area contributed by atoms with Crippen LogP contribution >= 0.6 is 0 Å². The third-order valence-electron chi connectivity index (χ3n) is 2.55. The van der Waals surface area contributed by atoms with Crippen LogP contribution in [-0.4, -0.2) is 27.2 Å². The van der Waals surface area contributed by atoms with E-state index in [1.165, 1.54) is 7.05 Å². The van der Waals surface area contributed by atoms with Crippen LogP contribution in [0.25, 0.3) is 0 Å². The Kier molecular flexibility index (Phi) is 2.59. The Labute approximate surface area is 93.8 Å². The van der Waals surface area contributed by atoms with Crippen LogP contribution in [0.5, 0.6) is 0 Å². The van der Waals surface area contributed by atoms with Crippen LogP contribution in [0.3, 0.4) is 0 Å². The first-order valence-electron chi connectivity index (χ1n) is 4.84. The van der Waals surface area contributed by atoms with E-state index >= 15 is 0 Å². The number of sulfone groups is 1. The fourth-order valence-corrected chi connectivity index (χ4v) is 3.54. The monoisotopic (exact) mass is 240 g/mol. The molecule has 0 saturated carbocycles. The van der Waals surface area contributed by atoms with Gasteiger partial charge in [0.15, 0.2) is 9.84 Å². The molecule has 2 N–H and O–H groups in total. The number of amides is 2. The molecule has 1 aromatic carbocycles. The largest absolute Gasteiger partial charge is 0.341 e. The highest BCUT2D eigenvalue weighted by Gasteiger charge is 2.34. The number of hydrogen-bond donors (Lipinski definition) is 2. The summed E-state index contributed by atoms with van der Waals surface area (Å²) in [5.74, 6) is -0.0697. The fourth-order valence-electron chi connectivity index (χ4n) is 1.80. The van der Waals surface area contributed by atoms with Crippen molar-refractivity contribution >= 4 is 15.9 Å². The first-order valence-corrected chi connectivity index (χ1v) is 6.50. The molecule has 0 saturated heterocycles. The number of urea groups is 1. The van der Waals surface area contributed by atoms with Crippen LogP contribution in [0.2, 0.25) is 0 Å². The summed E-state index contributed by atoms with van der Waals surface area (Å²) in [5, 5.41) is 5.02. The summed E-state index contributed by atoms with van der Waals surface area (Å²) >= 11 is 0. The molecular formula is C10H12N2O3S. The molecule has 2 rings (SSSR count). The maximum absolute atomic E-state index is 11.8. The number of rotatable bonds is 1. The molecule has 6 heteroatoms. The molecule has 86 valence electrons. The highest BCUT2D eigenvalue weighted by molar-refractivity contribution is 7.91. The quantitative estimate of drug-likeness (QED) is 0.748.